The van der Waals surface area contributed by atoms with Gasteiger partial charge in [0.25, 0.3) is 11.8 Å². The Bertz CT molecular complexity index is 671. The average molecular weight is 286 g/mol. The van der Waals surface area contributed by atoms with Crippen molar-refractivity contribution in [1.82, 2.24) is 0 Å². The van der Waals surface area contributed by atoms with E-state index in [1.54, 1.807) is 54.3 Å². The maximum Gasteiger partial charge on any atom is 0.290 e. The Morgan fingerprint density at radius 3 is 2.81 bits per heavy atom. The molecule has 0 saturated heterocycles. The molecule has 1 heterocycles. The highest BCUT2D eigenvalue weighted by Gasteiger charge is 2.12. The minimum Gasteiger partial charge on any atom is -0.497 e. The van der Waals surface area contributed by atoms with Gasteiger partial charge in [-0.05, 0) is 18.2 Å². The first-order valence-corrected chi connectivity index (χ1v) is 6.31. The van der Waals surface area contributed by atoms with Gasteiger partial charge in [0.15, 0.2) is 12.4 Å². The molecule has 2 rings (SSSR count). The molecule has 108 valence electrons. The molecule has 0 aliphatic carbocycles. The van der Waals surface area contributed by atoms with E-state index in [-0.39, 0.29) is 12.5 Å². The molecular formula is C15H16N3O3+. The first-order valence-electron chi connectivity index (χ1n) is 6.31. The molecule has 1 aromatic heterocycles. The molecule has 6 heteroatoms. The van der Waals surface area contributed by atoms with Crippen LogP contribution in [0.4, 0.5) is 5.69 Å². The van der Waals surface area contributed by atoms with Crippen molar-refractivity contribution in [2.45, 2.75) is 6.54 Å². The number of benzene rings is 1. The van der Waals surface area contributed by atoms with Crippen LogP contribution in [0.5, 0.6) is 5.75 Å². The third kappa shape index (κ3) is 4.04. The Labute approximate surface area is 122 Å². The van der Waals surface area contributed by atoms with Crippen molar-refractivity contribution in [3.63, 3.8) is 0 Å². The summed E-state index contributed by atoms with van der Waals surface area (Å²) in [6.07, 6.45) is 3.23. The number of anilines is 1. The molecule has 0 aliphatic heterocycles. The van der Waals surface area contributed by atoms with Crippen LogP contribution < -0.4 is 20.4 Å². The molecule has 0 atom stereocenters. The highest BCUT2D eigenvalue weighted by atomic mass is 16.5. The lowest BCUT2D eigenvalue weighted by Gasteiger charge is -2.05. The number of primary amides is 1. The summed E-state index contributed by atoms with van der Waals surface area (Å²) >= 11 is 0. The topological polar surface area (TPSA) is 85.3 Å². The maximum absolute atomic E-state index is 12.0. The summed E-state index contributed by atoms with van der Waals surface area (Å²) in [6.45, 7) is 0.0817. The number of hydrogen-bond donors (Lipinski definition) is 2. The van der Waals surface area contributed by atoms with Crippen LogP contribution in [0.2, 0.25) is 0 Å². The van der Waals surface area contributed by atoms with E-state index in [1.807, 2.05) is 0 Å². The summed E-state index contributed by atoms with van der Waals surface area (Å²) in [5.41, 5.74) is 6.20. The fourth-order valence-corrected chi connectivity index (χ4v) is 1.83. The Kier molecular flexibility index (Phi) is 4.50. The first-order chi connectivity index (χ1) is 10.1. The molecule has 0 fully saturated rings. The van der Waals surface area contributed by atoms with E-state index in [2.05, 4.69) is 5.32 Å². The molecule has 0 spiro atoms. The lowest BCUT2D eigenvalue weighted by Crippen LogP contribution is -2.40. The maximum atomic E-state index is 12.0. The molecule has 2 aromatic rings. The van der Waals surface area contributed by atoms with Gasteiger partial charge in [0.1, 0.15) is 11.3 Å². The SMILES string of the molecule is COc1cccc(NC(=O)C[n+]2cccc(C(N)=O)c2)c1. The number of aromatic nitrogens is 1. The lowest BCUT2D eigenvalue weighted by molar-refractivity contribution is -0.684. The second kappa shape index (κ2) is 6.51. The number of pyridine rings is 1. The molecule has 1 aromatic carbocycles. The van der Waals surface area contributed by atoms with Crippen molar-refractivity contribution in [2.24, 2.45) is 5.73 Å². The molecule has 3 N–H and O–H groups in total. The van der Waals surface area contributed by atoms with Gasteiger partial charge in [0.2, 0.25) is 6.54 Å². The first kappa shape index (κ1) is 14.5. The highest BCUT2D eigenvalue weighted by molar-refractivity contribution is 5.92. The Balaban J connectivity index is 2.04. The fraction of sp³-hybridized carbons (Fsp3) is 0.133. The van der Waals surface area contributed by atoms with Crippen molar-refractivity contribution in [2.75, 3.05) is 12.4 Å². The zero-order chi connectivity index (χ0) is 15.2. The van der Waals surface area contributed by atoms with E-state index in [9.17, 15) is 9.59 Å². The summed E-state index contributed by atoms with van der Waals surface area (Å²) in [5.74, 6) is -0.0800. The molecule has 0 aliphatic rings. The number of carbonyl (C=O) groups excluding carboxylic acids is 2. The summed E-state index contributed by atoms with van der Waals surface area (Å²) in [6, 6.07) is 10.3. The summed E-state index contributed by atoms with van der Waals surface area (Å²) in [4.78, 5) is 23.1. The van der Waals surface area contributed by atoms with Crippen LogP contribution in [0.25, 0.3) is 0 Å². The number of ether oxygens (including phenoxy) is 1. The lowest BCUT2D eigenvalue weighted by atomic mass is 10.2. The normalized spacial score (nSPS) is 9.95. The van der Waals surface area contributed by atoms with Crippen molar-refractivity contribution in [1.29, 1.82) is 0 Å². The number of nitrogens with one attached hydrogen (secondary N) is 1. The molecule has 0 bridgehead atoms. The van der Waals surface area contributed by atoms with Crippen LogP contribution in [-0.2, 0) is 11.3 Å². The van der Waals surface area contributed by atoms with E-state index in [0.29, 0.717) is 17.0 Å². The third-order valence-electron chi connectivity index (χ3n) is 2.82. The van der Waals surface area contributed by atoms with Gasteiger partial charge < -0.3 is 15.8 Å². The monoisotopic (exact) mass is 286 g/mol. The van der Waals surface area contributed by atoms with Gasteiger partial charge in [-0.3, -0.25) is 9.59 Å². The number of rotatable bonds is 5. The fourth-order valence-electron chi connectivity index (χ4n) is 1.83. The van der Waals surface area contributed by atoms with Crippen molar-refractivity contribution >= 4 is 17.5 Å². The number of carbonyl (C=O) groups is 2. The minimum absolute atomic E-state index is 0.0817. The standard InChI is InChI=1S/C15H15N3O3/c1-21-13-6-2-5-12(8-13)17-14(19)10-18-7-3-4-11(9-18)15(16)20/h2-9H,10H2,1H3,(H2-,16,17,19,20)/p+1. The van der Waals surface area contributed by atoms with Gasteiger partial charge in [0.05, 0.1) is 7.11 Å². The van der Waals surface area contributed by atoms with Gasteiger partial charge in [-0.15, -0.1) is 0 Å². The van der Waals surface area contributed by atoms with E-state index >= 15 is 0 Å². The molecule has 6 nitrogen and oxygen atoms in total. The van der Waals surface area contributed by atoms with E-state index in [0.717, 1.165) is 0 Å². The molecule has 21 heavy (non-hydrogen) atoms. The summed E-state index contributed by atoms with van der Waals surface area (Å²) in [7, 11) is 1.56. The summed E-state index contributed by atoms with van der Waals surface area (Å²) in [5, 5.41) is 2.76. The zero-order valence-corrected chi connectivity index (χ0v) is 11.6. The Hall–Kier alpha value is -2.89. The van der Waals surface area contributed by atoms with Crippen LogP contribution >= 0.6 is 0 Å². The zero-order valence-electron chi connectivity index (χ0n) is 11.6. The number of amides is 2. The molecular weight excluding hydrogens is 270 g/mol. The van der Waals surface area contributed by atoms with Crippen LogP contribution in [0.1, 0.15) is 10.4 Å². The second-order valence-corrected chi connectivity index (χ2v) is 4.41. The van der Waals surface area contributed by atoms with Crippen molar-refractivity contribution in [3.8, 4) is 5.75 Å². The Morgan fingerprint density at radius 1 is 1.29 bits per heavy atom. The molecule has 2 amide bonds. The van der Waals surface area contributed by atoms with Gasteiger partial charge in [-0.2, -0.15) is 4.57 Å². The number of nitrogens with zero attached hydrogens (tertiary/aromatic N) is 1. The average Bonchev–Trinajstić information content (AvgIpc) is 2.47. The van der Waals surface area contributed by atoms with Crippen molar-refractivity contribution < 1.29 is 18.9 Å². The third-order valence-corrected chi connectivity index (χ3v) is 2.82. The van der Waals surface area contributed by atoms with Gasteiger partial charge >= 0.3 is 0 Å². The minimum atomic E-state index is -0.530. The van der Waals surface area contributed by atoms with Crippen molar-refractivity contribution in [3.05, 3.63) is 54.4 Å². The highest BCUT2D eigenvalue weighted by Crippen LogP contribution is 2.16. The Morgan fingerprint density at radius 2 is 2.10 bits per heavy atom. The largest absolute Gasteiger partial charge is 0.497 e. The van der Waals surface area contributed by atoms with Crippen LogP contribution in [0.3, 0.4) is 0 Å². The van der Waals surface area contributed by atoms with E-state index in [1.165, 1.54) is 6.20 Å². The molecule has 0 unspecified atom stereocenters. The second-order valence-electron chi connectivity index (χ2n) is 4.41. The van der Waals surface area contributed by atoms with E-state index in [4.69, 9.17) is 10.5 Å². The van der Waals surface area contributed by atoms with Gasteiger partial charge in [0, 0.05) is 17.8 Å². The number of hydrogen-bond acceptors (Lipinski definition) is 3. The van der Waals surface area contributed by atoms with Gasteiger partial charge in [-0.1, -0.05) is 6.07 Å². The van der Waals surface area contributed by atoms with E-state index < -0.39 is 5.91 Å². The van der Waals surface area contributed by atoms with Crippen LogP contribution in [0.15, 0.2) is 48.8 Å². The predicted octanol–water partition coefficient (Wildman–Crippen LogP) is 0.720. The molecule has 0 saturated carbocycles. The number of methoxy groups -OCH3 is 1. The predicted molar refractivity (Wildman–Crippen MR) is 76.8 cm³/mol. The molecule has 0 radical (unpaired) electrons. The summed E-state index contributed by atoms with van der Waals surface area (Å²) < 4.78 is 6.68. The number of nitrogens with two attached hydrogens (primary N) is 1. The van der Waals surface area contributed by atoms with Gasteiger partial charge in [-0.25, -0.2) is 0 Å². The smallest absolute Gasteiger partial charge is 0.290 e. The van der Waals surface area contributed by atoms with Crippen LogP contribution in [-0.4, -0.2) is 18.9 Å². The van der Waals surface area contributed by atoms with Crippen LogP contribution in [0, 0.1) is 0 Å². The quantitative estimate of drug-likeness (QED) is 0.794.